The van der Waals surface area contributed by atoms with E-state index in [2.05, 4.69) is 11.0 Å². The van der Waals surface area contributed by atoms with Gasteiger partial charge in [0.1, 0.15) is 0 Å². The Kier molecular flexibility index (Phi) is 8.57. The van der Waals surface area contributed by atoms with Gasteiger partial charge in [-0.05, 0) is 62.3 Å². The molecule has 0 radical (unpaired) electrons. The van der Waals surface area contributed by atoms with E-state index in [1.807, 2.05) is 54.2 Å². The Labute approximate surface area is 200 Å². The van der Waals surface area contributed by atoms with E-state index >= 15 is 0 Å². The van der Waals surface area contributed by atoms with Crippen LogP contribution in [0.2, 0.25) is 10.0 Å². The molecule has 0 aliphatic carbocycles. The fraction of sp³-hybridized carbons (Fsp3) is 0.440. The van der Waals surface area contributed by atoms with E-state index in [9.17, 15) is 9.59 Å². The molecule has 32 heavy (non-hydrogen) atoms. The molecular weight excluding hydrogens is 445 g/mol. The lowest BCUT2D eigenvalue weighted by molar-refractivity contribution is -0.137. The molecule has 0 bridgehead atoms. The summed E-state index contributed by atoms with van der Waals surface area (Å²) in [5, 5.41) is 0.977. The fourth-order valence-corrected chi connectivity index (χ4v) is 4.59. The van der Waals surface area contributed by atoms with Crippen molar-refractivity contribution in [3.8, 4) is 0 Å². The van der Waals surface area contributed by atoms with Gasteiger partial charge in [0, 0.05) is 26.6 Å². The monoisotopic (exact) mass is 475 g/mol. The topological polar surface area (TPSA) is 43.9 Å². The van der Waals surface area contributed by atoms with Crippen molar-refractivity contribution in [1.29, 1.82) is 0 Å². The molecule has 0 saturated carbocycles. The van der Waals surface area contributed by atoms with Crippen LogP contribution in [0.1, 0.15) is 42.5 Å². The van der Waals surface area contributed by atoms with Crippen molar-refractivity contribution in [3.05, 3.63) is 69.2 Å². The van der Waals surface area contributed by atoms with E-state index < -0.39 is 0 Å². The van der Waals surface area contributed by atoms with Crippen LogP contribution in [0.5, 0.6) is 0 Å². The van der Waals surface area contributed by atoms with E-state index in [4.69, 9.17) is 23.2 Å². The molecule has 7 heteroatoms. The highest BCUT2D eigenvalue weighted by molar-refractivity contribution is 6.42. The molecular formula is C25H31Cl2N3O2. The normalized spacial score (nSPS) is 15.6. The Bertz CT molecular complexity index is 964. The number of benzene rings is 2. The minimum absolute atomic E-state index is 0.000874. The molecule has 172 valence electrons. The number of rotatable bonds is 8. The third-order valence-corrected chi connectivity index (χ3v) is 6.67. The van der Waals surface area contributed by atoms with Gasteiger partial charge in [0.2, 0.25) is 11.8 Å². The number of nitrogens with zero attached hydrogens (tertiary/aromatic N) is 3. The summed E-state index contributed by atoms with van der Waals surface area (Å²) in [7, 11) is 4.05. The van der Waals surface area contributed by atoms with E-state index in [0.29, 0.717) is 29.7 Å². The zero-order chi connectivity index (χ0) is 23.3. The Balaban J connectivity index is 1.82. The molecule has 3 rings (SSSR count). The number of hydrogen-bond acceptors (Lipinski definition) is 3. The lowest BCUT2D eigenvalue weighted by Crippen LogP contribution is -2.42. The van der Waals surface area contributed by atoms with Crippen LogP contribution >= 0.6 is 23.2 Å². The second-order valence-electron chi connectivity index (χ2n) is 8.60. The Morgan fingerprint density at radius 3 is 2.50 bits per heavy atom. The first-order valence-electron chi connectivity index (χ1n) is 11.0. The van der Waals surface area contributed by atoms with Gasteiger partial charge in [-0.2, -0.15) is 0 Å². The molecule has 0 aromatic heterocycles. The Morgan fingerprint density at radius 2 is 1.81 bits per heavy atom. The van der Waals surface area contributed by atoms with Crippen molar-refractivity contribution in [3.63, 3.8) is 0 Å². The van der Waals surface area contributed by atoms with Gasteiger partial charge in [-0.25, -0.2) is 0 Å². The predicted molar refractivity (Wildman–Crippen MR) is 130 cm³/mol. The number of carbonyl (C=O) groups excluding carboxylic acids is 2. The Morgan fingerprint density at radius 1 is 1.06 bits per heavy atom. The number of fused-ring (bicyclic) bond motifs is 1. The molecule has 1 heterocycles. The average molecular weight is 476 g/mol. The minimum Gasteiger partial charge on any atom is -0.338 e. The summed E-state index contributed by atoms with van der Waals surface area (Å²) in [4.78, 5) is 31.7. The molecule has 0 spiro atoms. The molecule has 1 atom stereocenters. The van der Waals surface area contributed by atoms with Crippen molar-refractivity contribution < 1.29 is 9.59 Å². The highest BCUT2D eigenvalue weighted by Crippen LogP contribution is 2.33. The van der Waals surface area contributed by atoms with Gasteiger partial charge >= 0.3 is 0 Å². The molecule has 0 N–H and O–H groups in total. The van der Waals surface area contributed by atoms with Crippen molar-refractivity contribution >= 4 is 35.0 Å². The summed E-state index contributed by atoms with van der Waals surface area (Å²) in [6, 6.07) is 13.4. The summed E-state index contributed by atoms with van der Waals surface area (Å²) >= 11 is 12.3. The van der Waals surface area contributed by atoms with Gasteiger partial charge in [0.25, 0.3) is 0 Å². The molecule has 5 nitrogen and oxygen atoms in total. The first-order valence-corrected chi connectivity index (χ1v) is 11.7. The van der Waals surface area contributed by atoms with E-state index in [-0.39, 0.29) is 24.3 Å². The number of carbonyl (C=O) groups is 2. The SMILES string of the molecule is CC(=O)N1CCc2ccccc2C1CC(=O)N(CCCN(C)C)Cc1ccc(Cl)c(Cl)c1. The van der Waals surface area contributed by atoms with Crippen LogP contribution in [0.4, 0.5) is 0 Å². The van der Waals surface area contributed by atoms with Gasteiger partial charge in [-0.1, -0.05) is 53.5 Å². The van der Waals surface area contributed by atoms with E-state index in [0.717, 1.165) is 30.5 Å². The highest BCUT2D eigenvalue weighted by atomic mass is 35.5. The first kappa shape index (κ1) is 24.6. The summed E-state index contributed by atoms with van der Waals surface area (Å²) in [5.74, 6) is 0.0312. The van der Waals surface area contributed by atoms with Crippen LogP contribution in [0.15, 0.2) is 42.5 Å². The quantitative estimate of drug-likeness (QED) is 0.550. The number of hydrogen-bond donors (Lipinski definition) is 0. The molecule has 1 aliphatic heterocycles. The van der Waals surface area contributed by atoms with E-state index in [1.54, 1.807) is 13.0 Å². The predicted octanol–water partition coefficient (Wildman–Crippen LogP) is 4.81. The molecule has 1 aliphatic rings. The van der Waals surface area contributed by atoms with Crippen LogP contribution in [0, 0.1) is 0 Å². The lowest BCUT2D eigenvalue weighted by Gasteiger charge is -2.37. The van der Waals surface area contributed by atoms with Crippen LogP contribution in [0.3, 0.4) is 0 Å². The van der Waals surface area contributed by atoms with Crippen molar-refractivity contribution in [1.82, 2.24) is 14.7 Å². The molecule has 0 fully saturated rings. The van der Waals surface area contributed by atoms with Gasteiger partial charge in [0.15, 0.2) is 0 Å². The maximum Gasteiger partial charge on any atom is 0.225 e. The standard InChI is InChI=1S/C25H31Cl2N3O2/c1-18(31)30-14-11-20-7-4-5-8-21(20)24(30)16-25(32)29(13-6-12-28(2)3)17-19-9-10-22(26)23(27)15-19/h4-5,7-10,15,24H,6,11-14,16-17H2,1-3H3. The van der Waals surface area contributed by atoms with E-state index in [1.165, 1.54) is 5.56 Å². The minimum atomic E-state index is -0.241. The number of amides is 2. The van der Waals surface area contributed by atoms with Crippen molar-refractivity contribution in [2.45, 2.75) is 38.8 Å². The van der Waals surface area contributed by atoms with Gasteiger partial charge in [0.05, 0.1) is 22.5 Å². The third-order valence-electron chi connectivity index (χ3n) is 5.93. The molecule has 2 amide bonds. The summed E-state index contributed by atoms with van der Waals surface area (Å²) in [6.45, 7) is 4.19. The fourth-order valence-electron chi connectivity index (χ4n) is 4.27. The average Bonchev–Trinajstić information content (AvgIpc) is 2.75. The number of halogens is 2. The summed E-state index contributed by atoms with van der Waals surface area (Å²) < 4.78 is 0. The van der Waals surface area contributed by atoms with Gasteiger partial charge in [-0.3, -0.25) is 9.59 Å². The van der Waals surface area contributed by atoms with Crippen LogP contribution in [-0.4, -0.2) is 60.2 Å². The highest BCUT2D eigenvalue weighted by Gasteiger charge is 2.32. The van der Waals surface area contributed by atoms with Crippen LogP contribution < -0.4 is 0 Å². The zero-order valence-corrected chi connectivity index (χ0v) is 20.5. The second-order valence-corrected chi connectivity index (χ2v) is 9.42. The molecule has 2 aromatic carbocycles. The lowest BCUT2D eigenvalue weighted by atomic mass is 9.90. The van der Waals surface area contributed by atoms with Crippen LogP contribution in [-0.2, 0) is 22.6 Å². The maximum absolute atomic E-state index is 13.5. The second kappa shape index (κ2) is 11.2. The molecule has 1 unspecified atom stereocenters. The third kappa shape index (κ3) is 6.25. The van der Waals surface area contributed by atoms with Crippen molar-refractivity contribution in [2.75, 3.05) is 33.7 Å². The zero-order valence-electron chi connectivity index (χ0n) is 19.0. The maximum atomic E-state index is 13.5. The smallest absolute Gasteiger partial charge is 0.225 e. The van der Waals surface area contributed by atoms with Gasteiger partial charge in [-0.15, -0.1) is 0 Å². The molecule has 0 saturated heterocycles. The molecule has 2 aromatic rings. The van der Waals surface area contributed by atoms with Crippen LogP contribution in [0.25, 0.3) is 0 Å². The Hall–Kier alpha value is -2.08. The summed E-state index contributed by atoms with van der Waals surface area (Å²) in [5.41, 5.74) is 3.22. The first-order chi connectivity index (χ1) is 15.3. The summed E-state index contributed by atoms with van der Waals surface area (Å²) in [6.07, 6.45) is 1.94. The largest absolute Gasteiger partial charge is 0.338 e. The van der Waals surface area contributed by atoms with Gasteiger partial charge < -0.3 is 14.7 Å². The van der Waals surface area contributed by atoms with Crippen molar-refractivity contribution in [2.24, 2.45) is 0 Å².